The van der Waals surface area contributed by atoms with Gasteiger partial charge in [-0.15, -0.1) is 0 Å². The average Bonchev–Trinajstić information content (AvgIpc) is 2.38. The summed E-state index contributed by atoms with van der Waals surface area (Å²) in [5, 5.41) is 8.81. The average molecular weight is 218 g/mol. The van der Waals surface area contributed by atoms with Crippen LogP contribution in [-0.2, 0) is 0 Å². The van der Waals surface area contributed by atoms with E-state index in [9.17, 15) is 0 Å². The Morgan fingerprint density at radius 3 is 2.44 bits per heavy atom. The first-order chi connectivity index (χ1) is 7.44. The maximum atomic E-state index is 8.81. The fourth-order valence-electron chi connectivity index (χ4n) is 1.47. The summed E-state index contributed by atoms with van der Waals surface area (Å²) in [5.41, 5.74) is 1.87. The third kappa shape index (κ3) is 4.44. The second-order valence-corrected chi connectivity index (χ2v) is 4.33. The number of nitriles is 1. The topological polar surface area (TPSA) is 36.1 Å². The third-order valence-corrected chi connectivity index (χ3v) is 2.21. The van der Waals surface area contributed by atoms with E-state index in [4.69, 9.17) is 5.26 Å². The first kappa shape index (κ1) is 14.6. The molecule has 0 spiro atoms. The van der Waals surface area contributed by atoms with Crippen molar-refractivity contribution in [1.29, 1.82) is 5.26 Å². The van der Waals surface area contributed by atoms with Crippen LogP contribution in [0.15, 0.2) is 28.9 Å². The molecular weight excluding hydrogens is 196 g/mol. The Bertz CT molecular complexity index is 351. The van der Waals surface area contributed by atoms with Gasteiger partial charge >= 0.3 is 0 Å². The van der Waals surface area contributed by atoms with E-state index in [1.54, 1.807) is 0 Å². The van der Waals surface area contributed by atoms with Gasteiger partial charge in [0, 0.05) is 11.1 Å². The van der Waals surface area contributed by atoms with E-state index < -0.39 is 0 Å². The van der Waals surface area contributed by atoms with Crippen molar-refractivity contribution < 1.29 is 0 Å². The van der Waals surface area contributed by atoms with Crippen LogP contribution in [0, 0.1) is 22.7 Å². The molecule has 0 saturated carbocycles. The molecule has 1 unspecified atom stereocenters. The Hall–Kier alpha value is -1.36. The number of allylic oxidation sites excluding steroid dienone is 4. The highest BCUT2D eigenvalue weighted by Crippen LogP contribution is 2.24. The molecule has 0 radical (unpaired) electrons. The maximum Gasteiger partial charge on any atom is 0.0856 e. The number of hydrogen-bond acceptors (Lipinski definition) is 2. The van der Waals surface area contributed by atoms with Gasteiger partial charge in [0.25, 0.3) is 0 Å². The zero-order valence-electron chi connectivity index (χ0n) is 11.2. The molecule has 0 aromatic carbocycles. The molecule has 0 bridgehead atoms. The zero-order valence-corrected chi connectivity index (χ0v) is 11.2. The smallest absolute Gasteiger partial charge is 0.0856 e. The monoisotopic (exact) mass is 218 g/mol. The van der Waals surface area contributed by atoms with Crippen LogP contribution < -0.4 is 0 Å². The fourth-order valence-corrected chi connectivity index (χ4v) is 1.47. The van der Waals surface area contributed by atoms with E-state index in [1.807, 2.05) is 33.8 Å². The van der Waals surface area contributed by atoms with Crippen molar-refractivity contribution in [2.75, 3.05) is 0 Å². The van der Waals surface area contributed by atoms with Gasteiger partial charge in [-0.3, -0.25) is 4.99 Å². The predicted molar refractivity (Wildman–Crippen MR) is 70.2 cm³/mol. The second-order valence-electron chi connectivity index (χ2n) is 4.33. The highest BCUT2D eigenvalue weighted by molar-refractivity contribution is 5.99. The summed E-state index contributed by atoms with van der Waals surface area (Å²) in [7, 11) is 0. The molecule has 1 aliphatic rings. The SMILES string of the molecule is CC.CC1=CC(C)(C)C=CC(C(C)C#N)=N1. The summed E-state index contributed by atoms with van der Waals surface area (Å²) in [5.74, 6) is -0.136. The number of nitrogens with zero attached hydrogens (tertiary/aromatic N) is 2. The van der Waals surface area contributed by atoms with Gasteiger partial charge in [-0.1, -0.05) is 39.8 Å². The van der Waals surface area contributed by atoms with Crippen LogP contribution in [-0.4, -0.2) is 5.71 Å². The van der Waals surface area contributed by atoms with Crippen LogP contribution in [0.3, 0.4) is 0 Å². The first-order valence-electron chi connectivity index (χ1n) is 5.81. The van der Waals surface area contributed by atoms with Gasteiger partial charge < -0.3 is 0 Å². The Balaban J connectivity index is 0.00000106. The largest absolute Gasteiger partial charge is 0.257 e. The molecule has 16 heavy (non-hydrogen) atoms. The molecule has 0 fully saturated rings. The fraction of sp³-hybridized carbons (Fsp3) is 0.571. The molecule has 0 aromatic heterocycles. The molecule has 0 aromatic rings. The highest BCUT2D eigenvalue weighted by Gasteiger charge is 2.16. The van der Waals surface area contributed by atoms with Crippen molar-refractivity contribution >= 4 is 5.71 Å². The predicted octanol–water partition coefficient (Wildman–Crippen LogP) is 4.11. The first-order valence-corrected chi connectivity index (χ1v) is 5.81. The van der Waals surface area contributed by atoms with Crippen molar-refractivity contribution in [2.45, 2.75) is 41.5 Å². The number of rotatable bonds is 1. The lowest BCUT2D eigenvalue weighted by Crippen LogP contribution is -2.06. The molecule has 0 saturated heterocycles. The van der Waals surface area contributed by atoms with Gasteiger partial charge in [0.2, 0.25) is 0 Å². The van der Waals surface area contributed by atoms with E-state index in [1.165, 1.54) is 0 Å². The van der Waals surface area contributed by atoms with Gasteiger partial charge in [0.1, 0.15) is 0 Å². The molecule has 2 heteroatoms. The lowest BCUT2D eigenvalue weighted by molar-refractivity contribution is 0.622. The van der Waals surface area contributed by atoms with Crippen LogP contribution in [0.25, 0.3) is 0 Å². The van der Waals surface area contributed by atoms with E-state index in [2.05, 4.69) is 37.1 Å². The third-order valence-electron chi connectivity index (χ3n) is 2.21. The summed E-state index contributed by atoms with van der Waals surface area (Å²) in [6, 6.07) is 2.20. The maximum absolute atomic E-state index is 8.81. The van der Waals surface area contributed by atoms with Crippen LogP contribution in [0.4, 0.5) is 0 Å². The van der Waals surface area contributed by atoms with Crippen molar-refractivity contribution in [3.05, 3.63) is 23.9 Å². The molecule has 1 atom stereocenters. The quantitative estimate of drug-likeness (QED) is 0.652. The van der Waals surface area contributed by atoms with Crippen LogP contribution in [0.5, 0.6) is 0 Å². The Labute approximate surface area is 99.4 Å². The van der Waals surface area contributed by atoms with Crippen LogP contribution in [0.2, 0.25) is 0 Å². The molecule has 0 amide bonds. The molecule has 1 heterocycles. The van der Waals surface area contributed by atoms with Crippen molar-refractivity contribution in [3.8, 4) is 6.07 Å². The summed E-state index contributed by atoms with van der Waals surface area (Å²) in [6.07, 6.45) is 6.16. The number of aliphatic imine (C=N–C) groups is 1. The van der Waals surface area contributed by atoms with Crippen molar-refractivity contribution in [1.82, 2.24) is 0 Å². The second kappa shape index (κ2) is 6.27. The van der Waals surface area contributed by atoms with E-state index in [-0.39, 0.29) is 11.3 Å². The minimum atomic E-state index is -0.136. The summed E-state index contributed by atoms with van der Waals surface area (Å²) in [4.78, 5) is 4.41. The summed E-state index contributed by atoms with van der Waals surface area (Å²) < 4.78 is 0. The molecule has 0 aliphatic carbocycles. The van der Waals surface area contributed by atoms with Gasteiger partial charge in [-0.25, -0.2) is 0 Å². The number of hydrogen-bond donors (Lipinski definition) is 0. The standard InChI is InChI=1S/C12H16N2.C2H6/c1-9(8-13)11-5-6-12(3,4)7-10(2)14-11;1-2/h5-7,9H,1-4H3;1-2H3. The van der Waals surface area contributed by atoms with Gasteiger partial charge in [-0.2, -0.15) is 5.26 Å². The van der Waals surface area contributed by atoms with Gasteiger partial charge in [0.15, 0.2) is 0 Å². The summed E-state index contributed by atoms with van der Waals surface area (Å²) >= 11 is 0. The zero-order chi connectivity index (χ0) is 12.8. The van der Waals surface area contributed by atoms with Gasteiger partial charge in [0.05, 0.1) is 17.7 Å². The molecular formula is C14H22N2. The molecule has 2 nitrogen and oxygen atoms in total. The van der Waals surface area contributed by atoms with Crippen molar-refractivity contribution in [3.63, 3.8) is 0 Å². The van der Waals surface area contributed by atoms with Gasteiger partial charge in [-0.05, 0) is 19.9 Å². The Kier molecular flexibility index (Phi) is 5.74. The Morgan fingerprint density at radius 2 is 1.94 bits per heavy atom. The normalized spacial score (nSPS) is 19.3. The van der Waals surface area contributed by atoms with Crippen LogP contribution in [0.1, 0.15) is 41.5 Å². The molecule has 1 rings (SSSR count). The molecule has 88 valence electrons. The molecule has 0 N–H and O–H groups in total. The Morgan fingerprint density at radius 1 is 1.38 bits per heavy atom. The summed E-state index contributed by atoms with van der Waals surface area (Å²) in [6.45, 7) is 12.1. The highest BCUT2D eigenvalue weighted by atomic mass is 14.8. The van der Waals surface area contributed by atoms with E-state index >= 15 is 0 Å². The van der Waals surface area contributed by atoms with Crippen molar-refractivity contribution in [2.24, 2.45) is 16.3 Å². The minimum Gasteiger partial charge on any atom is -0.257 e. The van der Waals surface area contributed by atoms with Crippen LogP contribution >= 0.6 is 0 Å². The molecule has 1 aliphatic heterocycles. The minimum absolute atomic E-state index is 0.0323. The lowest BCUT2D eigenvalue weighted by atomic mass is 9.91. The lowest BCUT2D eigenvalue weighted by Gasteiger charge is -2.13. The van der Waals surface area contributed by atoms with E-state index in [0.29, 0.717) is 0 Å². The van der Waals surface area contributed by atoms with E-state index in [0.717, 1.165) is 11.4 Å².